The molecule has 0 aliphatic carbocycles. The molecule has 2 aromatic rings. The van der Waals surface area contributed by atoms with Crippen LogP contribution in [-0.4, -0.2) is 4.98 Å². The zero-order chi connectivity index (χ0) is 12.3. The van der Waals surface area contributed by atoms with Crippen LogP contribution in [-0.2, 0) is 0 Å². The second kappa shape index (κ2) is 5.42. The molecule has 2 rings (SSSR count). The minimum atomic E-state index is 0.383. The summed E-state index contributed by atoms with van der Waals surface area (Å²) in [6, 6.07) is 10.9. The second-order valence-corrected chi connectivity index (χ2v) is 5.07. The van der Waals surface area contributed by atoms with E-state index >= 15 is 0 Å². The number of benzene rings is 1. The molecule has 0 unspecified atom stereocenters. The molecular weight excluding hydrogens is 275 g/mol. The van der Waals surface area contributed by atoms with Crippen molar-refractivity contribution in [3.05, 3.63) is 52.3 Å². The molecule has 0 bridgehead atoms. The van der Waals surface area contributed by atoms with Crippen LogP contribution in [0.25, 0.3) is 0 Å². The maximum Gasteiger partial charge on any atom is 0.154 e. The van der Waals surface area contributed by atoms with Gasteiger partial charge in [-0.2, -0.15) is 5.26 Å². The SMILES string of the molecule is N#Cc1ncccc1Sc1cc(Cl)ccc1Cl. The molecule has 0 aliphatic rings. The van der Waals surface area contributed by atoms with Crippen molar-refractivity contribution in [1.29, 1.82) is 5.26 Å². The van der Waals surface area contributed by atoms with Gasteiger partial charge in [0.1, 0.15) is 6.07 Å². The summed E-state index contributed by atoms with van der Waals surface area (Å²) in [4.78, 5) is 5.56. The smallest absolute Gasteiger partial charge is 0.154 e. The Morgan fingerprint density at radius 2 is 2.00 bits per heavy atom. The van der Waals surface area contributed by atoms with E-state index < -0.39 is 0 Å². The third kappa shape index (κ3) is 2.92. The molecule has 5 heteroatoms. The van der Waals surface area contributed by atoms with Gasteiger partial charge in [0.25, 0.3) is 0 Å². The molecule has 84 valence electrons. The molecule has 1 aromatic carbocycles. The summed E-state index contributed by atoms with van der Waals surface area (Å²) in [7, 11) is 0. The quantitative estimate of drug-likeness (QED) is 0.818. The molecule has 17 heavy (non-hydrogen) atoms. The first-order valence-corrected chi connectivity index (χ1v) is 6.26. The van der Waals surface area contributed by atoms with Gasteiger partial charge in [0, 0.05) is 21.0 Å². The zero-order valence-electron chi connectivity index (χ0n) is 8.52. The topological polar surface area (TPSA) is 36.7 Å². The Morgan fingerprint density at radius 1 is 1.18 bits per heavy atom. The lowest BCUT2D eigenvalue weighted by Crippen LogP contribution is -1.85. The Kier molecular flexibility index (Phi) is 3.90. The Labute approximate surface area is 113 Å². The number of rotatable bonds is 2. The van der Waals surface area contributed by atoms with Gasteiger partial charge in [-0.1, -0.05) is 35.0 Å². The molecule has 1 aromatic heterocycles. The van der Waals surface area contributed by atoms with Gasteiger partial charge < -0.3 is 0 Å². The van der Waals surface area contributed by atoms with E-state index in [0.29, 0.717) is 15.7 Å². The van der Waals surface area contributed by atoms with Crippen LogP contribution in [0.2, 0.25) is 10.0 Å². The van der Waals surface area contributed by atoms with E-state index in [0.717, 1.165) is 9.79 Å². The largest absolute Gasteiger partial charge is 0.244 e. The molecule has 2 nitrogen and oxygen atoms in total. The van der Waals surface area contributed by atoms with Crippen molar-refractivity contribution < 1.29 is 0 Å². The minimum Gasteiger partial charge on any atom is -0.244 e. The second-order valence-electron chi connectivity index (χ2n) is 3.14. The van der Waals surface area contributed by atoms with Crippen LogP contribution in [0.3, 0.4) is 0 Å². The van der Waals surface area contributed by atoms with Gasteiger partial charge in [-0.15, -0.1) is 0 Å². The number of aromatic nitrogens is 1. The predicted molar refractivity (Wildman–Crippen MR) is 69.5 cm³/mol. The maximum absolute atomic E-state index is 8.94. The molecule has 0 N–H and O–H groups in total. The van der Waals surface area contributed by atoms with E-state index in [4.69, 9.17) is 28.5 Å². The fraction of sp³-hybridized carbons (Fsp3) is 0. The van der Waals surface area contributed by atoms with Gasteiger partial charge in [0.15, 0.2) is 5.69 Å². The van der Waals surface area contributed by atoms with E-state index in [1.165, 1.54) is 11.8 Å². The molecule has 0 spiro atoms. The third-order valence-electron chi connectivity index (χ3n) is 1.99. The predicted octanol–water partition coefficient (Wildman–Crippen LogP) is 4.41. The Balaban J connectivity index is 2.38. The van der Waals surface area contributed by atoms with Gasteiger partial charge in [0.05, 0.1) is 5.02 Å². The van der Waals surface area contributed by atoms with Gasteiger partial charge in [-0.25, -0.2) is 4.98 Å². The van der Waals surface area contributed by atoms with Crippen molar-refractivity contribution in [3.63, 3.8) is 0 Å². The van der Waals surface area contributed by atoms with Crippen LogP contribution in [0.5, 0.6) is 0 Å². The first kappa shape index (κ1) is 12.3. The summed E-state index contributed by atoms with van der Waals surface area (Å²) in [5, 5.41) is 10.1. The van der Waals surface area contributed by atoms with Crippen molar-refractivity contribution >= 4 is 35.0 Å². The highest BCUT2D eigenvalue weighted by molar-refractivity contribution is 7.99. The third-order valence-corrected chi connectivity index (χ3v) is 3.77. The Bertz CT molecular complexity index is 593. The fourth-order valence-electron chi connectivity index (χ4n) is 1.23. The normalized spacial score (nSPS) is 9.94. The average Bonchev–Trinajstić information content (AvgIpc) is 2.34. The molecule has 0 amide bonds. The Morgan fingerprint density at radius 3 is 2.76 bits per heavy atom. The highest BCUT2D eigenvalue weighted by atomic mass is 35.5. The fourth-order valence-corrected chi connectivity index (χ4v) is 2.63. The number of pyridine rings is 1. The summed E-state index contributed by atoms with van der Waals surface area (Å²) in [5.41, 5.74) is 0.383. The molecule has 0 fully saturated rings. The van der Waals surface area contributed by atoms with Crippen LogP contribution in [0.1, 0.15) is 5.69 Å². The number of hydrogen-bond donors (Lipinski definition) is 0. The summed E-state index contributed by atoms with van der Waals surface area (Å²) in [6.07, 6.45) is 1.59. The number of nitriles is 1. The zero-order valence-corrected chi connectivity index (χ0v) is 10.9. The number of halogens is 2. The molecule has 0 saturated heterocycles. The van der Waals surface area contributed by atoms with Gasteiger partial charge in [-0.05, 0) is 30.3 Å². The van der Waals surface area contributed by atoms with Crippen LogP contribution in [0, 0.1) is 11.3 Å². The molecule has 0 aliphatic heterocycles. The van der Waals surface area contributed by atoms with Crippen LogP contribution < -0.4 is 0 Å². The summed E-state index contributed by atoms with van der Waals surface area (Å²) in [6.45, 7) is 0. The van der Waals surface area contributed by atoms with Gasteiger partial charge >= 0.3 is 0 Å². The number of hydrogen-bond acceptors (Lipinski definition) is 3. The first-order chi connectivity index (χ1) is 8.20. The molecule has 1 heterocycles. The highest BCUT2D eigenvalue weighted by Crippen LogP contribution is 2.35. The highest BCUT2D eigenvalue weighted by Gasteiger charge is 2.08. The monoisotopic (exact) mass is 280 g/mol. The van der Waals surface area contributed by atoms with E-state index in [1.54, 1.807) is 30.5 Å². The van der Waals surface area contributed by atoms with E-state index in [-0.39, 0.29) is 0 Å². The van der Waals surface area contributed by atoms with Gasteiger partial charge in [0.2, 0.25) is 0 Å². The number of nitrogens with zero attached hydrogens (tertiary/aromatic N) is 2. The lowest BCUT2D eigenvalue weighted by molar-refractivity contribution is 1.18. The first-order valence-electron chi connectivity index (χ1n) is 4.69. The maximum atomic E-state index is 8.94. The minimum absolute atomic E-state index is 0.383. The van der Waals surface area contributed by atoms with Crippen LogP contribution in [0.4, 0.5) is 0 Å². The molecular formula is C12H6Cl2N2S. The standard InChI is InChI=1S/C12H6Cl2N2S/c13-8-3-4-9(14)12(6-8)17-11-2-1-5-16-10(11)7-15/h1-6H. The Hall–Kier alpha value is -1.21. The molecule has 0 radical (unpaired) electrons. The van der Waals surface area contributed by atoms with Crippen LogP contribution >= 0.6 is 35.0 Å². The van der Waals surface area contributed by atoms with Crippen molar-refractivity contribution in [3.8, 4) is 6.07 Å². The van der Waals surface area contributed by atoms with E-state index in [9.17, 15) is 0 Å². The van der Waals surface area contributed by atoms with Crippen molar-refractivity contribution in [2.45, 2.75) is 9.79 Å². The lowest BCUT2D eigenvalue weighted by Gasteiger charge is -2.05. The lowest BCUT2D eigenvalue weighted by atomic mass is 10.4. The molecule has 0 atom stereocenters. The van der Waals surface area contributed by atoms with Gasteiger partial charge in [-0.3, -0.25) is 0 Å². The van der Waals surface area contributed by atoms with Crippen molar-refractivity contribution in [1.82, 2.24) is 4.98 Å². The van der Waals surface area contributed by atoms with Crippen molar-refractivity contribution in [2.24, 2.45) is 0 Å². The van der Waals surface area contributed by atoms with E-state index in [2.05, 4.69) is 4.98 Å². The van der Waals surface area contributed by atoms with Crippen molar-refractivity contribution in [2.75, 3.05) is 0 Å². The summed E-state index contributed by atoms with van der Waals surface area (Å²) in [5.74, 6) is 0. The summed E-state index contributed by atoms with van der Waals surface area (Å²) >= 11 is 13.3. The van der Waals surface area contributed by atoms with E-state index in [1.807, 2.05) is 12.1 Å². The summed E-state index contributed by atoms with van der Waals surface area (Å²) < 4.78 is 0. The molecule has 0 saturated carbocycles. The van der Waals surface area contributed by atoms with Crippen LogP contribution in [0.15, 0.2) is 46.3 Å². The average molecular weight is 281 g/mol.